The number of aliphatic carboxylic acids is 1. The summed E-state index contributed by atoms with van der Waals surface area (Å²) in [6.45, 7) is 5.76. The number of ether oxygens (including phenoxy) is 1. The van der Waals surface area contributed by atoms with E-state index < -0.39 is 23.9 Å². The number of hydrogen-bond donors (Lipinski definition) is 1. The van der Waals surface area contributed by atoms with Crippen molar-refractivity contribution in [3.8, 4) is 5.75 Å². The molecule has 0 saturated carbocycles. The SMILES string of the molecule is CCN1C(=O)C(=Cc2ccc(O[C@@H](C)C(=O)O)cc2)C(=O)N(CC)C1=S. The summed E-state index contributed by atoms with van der Waals surface area (Å²) in [6.07, 6.45) is 0.528. The van der Waals surface area contributed by atoms with Gasteiger partial charge in [0.05, 0.1) is 0 Å². The number of thiocarbonyl (C=S) groups is 1. The molecule has 0 spiro atoms. The Hall–Kier alpha value is -2.74. The molecule has 2 amide bonds. The van der Waals surface area contributed by atoms with Crippen molar-refractivity contribution in [1.29, 1.82) is 0 Å². The van der Waals surface area contributed by atoms with Gasteiger partial charge in [-0.15, -0.1) is 0 Å². The molecule has 7 nitrogen and oxygen atoms in total. The minimum absolute atomic E-state index is 0.0369. The summed E-state index contributed by atoms with van der Waals surface area (Å²) >= 11 is 5.22. The van der Waals surface area contributed by atoms with Gasteiger partial charge in [-0.2, -0.15) is 0 Å². The number of hydrogen-bond acceptors (Lipinski definition) is 5. The van der Waals surface area contributed by atoms with Crippen LogP contribution in [0, 0.1) is 0 Å². The van der Waals surface area contributed by atoms with E-state index in [9.17, 15) is 14.4 Å². The first-order valence-electron chi connectivity index (χ1n) is 8.19. The van der Waals surface area contributed by atoms with Crippen LogP contribution in [0.4, 0.5) is 0 Å². The number of carboxylic acid groups (broad SMARTS) is 1. The molecule has 1 aromatic carbocycles. The van der Waals surface area contributed by atoms with Crippen molar-refractivity contribution in [2.24, 2.45) is 0 Å². The first-order valence-corrected chi connectivity index (χ1v) is 8.59. The Kier molecular flexibility index (Phi) is 6.10. The molecule has 0 radical (unpaired) electrons. The molecular formula is C18H20N2O5S. The van der Waals surface area contributed by atoms with Crippen molar-refractivity contribution in [2.75, 3.05) is 13.1 Å². The van der Waals surface area contributed by atoms with Gasteiger partial charge in [0.25, 0.3) is 11.8 Å². The van der Waals surface area contributed by atoms with E-state index in [4.69, 9.17) is 22.1 Å². The molecule has 1 aliphatic rings. The van der Waals surface area contributed by atoms with E-state index in [1.165, 1.54) is 22.8 Å². The molecule has 26 heavy (non-hydrogen) atoms. The summed E-state index contributed by atoms with van der Waals surface area (Å²) in [4.78, 5) is 38.7. The highest BCUT2D eigenvalue weighted by atomic mass is 32.1. The van der Waals surface area contributed by atoms with Crippen molar-refractivity contribution in [3.05, 3.63) is 35.4 Å². The van der Waals surface area contributed by atoms with Gasteiger partial charge in [-0.05, 0) is 56.8 Å². The third kappa shape index (κ3) is 3.91. The van der Waals surface area contributed by atoms with Crippen LogP contribution in [-0.4, -0.2) is 57.0 Å². The minimum atomic E-state index is -1.06. The number of amides is 2. The van der Waals surface area contributed by atoms with Gasteiger partial charge in [-0.3, -0.25) is 19.4 Å². The van der Waals surface area contributed by atoms with Crippen LogP contribution in [0.25, 0.3) is 6.08 Å². The van der Waals surface area contributed by atoms with E-state index in [0.717, 1.165) is 0 Å². The lowest BCUT2D eigenvalue weighted by Gasteiger charge is -2.35. The third-order valence-corrected chi connectivity index (χ3v) is 4.34. The first kappa shape index (κ1) is 19.6. The molecule has 1 fully saturated rings. The lowest BCUT2D eigenvalue weighted by Crippen LogP contribution is -2.55. The highest BCUT2D eigenvalue weighted by molar-refractivity contribution is 7.80. The van der Waals surface area contributed by atoms with Gasteiger partial charge in [0.1, 0.15) is 11.3 Å². The lowest BCUT2D eigenvalue weighted by molar-refractivity contribution is -0.144. The number of likely N-dealkylation sites (N-methyl/N-ethyl adjacent to an activating group) is 2. The predicted molar refractivity (Wildman–Crippen MR) is 99.5 cm³/mol. The smallest absolute Gasteiger partial charge is 0.344 e. The summed E-state index contributed by atoms with van der Waals surface area (Å²) in [5.41, 5.74) is 0.659. The predicted octanol–water partition coefficient (Wildman–Crippen LogP) is 1.92. The van der Waals surface area contributed by atoms with Gasteiger partial charge < -0.3 is 9.84 Å². The quantitative estimate of drug-likeness (QED) is 0.464. The molecule has 1 aromatic rings. The number of carbonyl (C=O) groups is 3. The number of benzene rings is 1. The molecule has 1 atom stereocenters. The monoisotopic (exact) mass is 376 g/mol. The van der Waals surface area contributed by atoms with E-state index >= 15 is 0 Å². The van der Waals surface area contributed by atoms with E-state index in [1.807, 2.05) is 0 Å². The largest absolute Gasteiger partial charge is 0.479 e. The molecule has 0 aromatic heterocycles. The lowest BCUT2D eigenvalue weighted by atomic mass is 10.1. The Bertz CT molecular complexity index is 744. The Morgan fingerprint density at radius 2 is 1.65 bits per heavy atom. The van der Waals surface area contributed by atoms with Crippen LogP contribution >= 0.6 is 12.2 Å². The maximum absolute atomic E-state index is 12.6. The number of carbonyl (C=O) groups excluding carboxylic acids is 2. The Morgan fingerprint density at radius 3 is 2.08 bits per heavy atom. The second kappa shape index (κ2) is 8.09. The van der Waals surface area contributed by atoms with Gasteiger partial charge in [-0.1, -0.05) is 12.1 Å². The maximum Gasteiger partial charge on any atom is 0.344 e. The summed E-state index contributed by atoms with van der Waals surface area (Å²) in [5.74, 6) is -1.53. The molecule has 1 N–H and O–H groups in total. The molecule has 1 heterocycles. The number of carboxylic acids is 1. The average Bonchev–Trinajstić information content (AvgIpc) is 2.60. The van der Waals surface area contributed by atoms with Crippen LogP contribution in [0.1, 0.15) is 26.3 Å². The van der Waals surface area contributed by atoms with Gasteiger partial charge in [0, 0.05) is 13.1 Å². The van der Waals surface area contributed by atoms with E-state index in [1.54, 1.807) is 38.1 Å². The minimum Gasteiger partial charge on any atom is -0.479 e. The fraction of sp³-hybridized carbons (Fsp3) is 0.333. The zero-order valence-corrected chi connectivity index (χ0v) is 15.6. The summed E-state index contributed by atoms with van der Waals surface area (Å²) in [7, 11) is 0. The van der Waals surface area contributed by atoms with E-state index in [2.05, 4.69) is 0 Å². The number of nitrogens with zero attached hydrogens (tertiary/aromatic N) is 2. The van der Waals surface area contributed by atoms with Crippen molar-refractivity contribution in [3.63, 3.8) is 0 Å². The van der Waals surface area contributed by atoms with E-state index in [0.29, 0.717) is 24.4 Å². The van der Waals surface area contributed by atoms with Gasteiger partial charge in [0.2, 0.25) is 0 Å². The molecule has 0 bridgehead atoms. The Morgan fingerprint density at radius 1 is 1.15 bits per heavy atom. The maximum atomic E-state index is 12.6. The summed E-state index contributed by atoms with van der Waals surface area (Å²) < 4.78 is 5.26. The highest BCUT2D eigenvalue weighted by Crippen LogP contribution is 2.21. The van der Waals surface area contributed by atoms with Crippen molar-refractivity contribution in [2.45, 2.75) is 26.9 Å². The van der Waals surface area contributed by atoms with Gasteiger partial charge >= 0.3 is 5.97 Å². The normalized spacial score (nSPS) is 16.0. The highest BCUT2D eigenvalue weighted by Gasteiger charge is 2.37. The molecule has 0 unspecified atom stereocenters. The fourth-order valence-corrected chi connectivity index (χ4v) is 2.87. The second-order valence-electron chi connectivity index (χ2n) is 5.61. The zero-order valence-electron chi connectivity index (χ0n) is 14.8. The van der Waals surface area contributed by atoms with Crippen LogP contribution in [0.15, 0.2) is 29.8 Å². The Labute approximate surface area is 156 Å². The topological polar surface area (TPSA) is 87.1 Å². The molecule has 8 heteroatoms. The molecule has 1 saturated heterocycles. The molecule has 2 rings (SSSR count). The standard InChI is InChI=1S/C18H20N2O5S/c1-4-19-15(21)14(16(22)20(5-2)18(19)26)10-12-6-8-13(9-7-12)25-11(3)17(23)24/h6-11H,4-5H2,1-3H3,(H,23,24)/t11-/m0/s1. The Balaban J connectivity index is 2.29. The van der Waals surface area contributed by atoms with Crippen LogP contribution in [0.5, 0.6) is 5.75 Å². The van der Waals surface area contributed by atoms with Gasteiger partial charge in [-0.25, -0.2) is 4.79 Å². The molecular weight excluding hydrogens is 356 g/mol. The van der Waals surface area contributed by atoms with Crippen LogP contribution in [0.2, 0.25) is 0 Å². The zero-order chi connectivity index (χ0) is 19.4. The summed E-state index contributed by atoms with van der Waals surface area (Å²) in [6, 6.07) is 6.47. The van der Waals surface area contributed by atoms with Gasteiger partial charge in [0.15, 0.2) is 11.2 Å². The fourth-order valence-electron chi connectivity index (χ4n) is 2.45. The van der Waals surface area contributed by atoms with E-state index in [-0.39, 0.29) is 10.7 Å². The third-order valence-electron chi connectivity index (χ3n) is 3.90. The number of rotatable bonds is 6. The second-order valence-corrected chi connectivity index (χ2v) is 5.97. The molecule has 138 valence electrons. The van der Waals surface area contributed by atoms with Crippen LogP contribution in [-0.2, 0) is 14.4 Å². The van der Waals surface area contributed by atoms with Crippen LogP contribution in [0.3, 0.4) is 0 Å². The first-order chi connectivity index (χ1) is 12.3. The van der Waals surface area contributed by atoms with Crippen molar-refractivity contribution in [1.82, 2.24) is 9.80 Å². The average molecular weight is 376 g/mol. The van der Waals surface area contributed by atoms with Crippen molar-refractivity contribution < 1.29 is 24.2 Å². The molecule has 0 aliphatic carbocycles. The van der Waals surface area contributed by atoms with Crippen molar-refractivity contribution >= 4 is 41.2 Å². The van der Waals surface area contributed by atoms with Crippen LogP contribution < -0.4 is 4.74 Å². The molecule has 1 aliphatic heterocycles. The summed E-state index contributed by atoms with van der Waals surface area (Å²) in [5, 5.41) is 9.08.